The van der Waals surface area contributed by atoms with E-state index < -0.39 is 5.97 Å². The lowest BCUT2D eigenvalue weighted by atomic mass is 10.1. The Morgan fingerprint density at radius 1 is 0.561 bits per heavy atom. The van der Waals surface area contributed by atoms with Crippen molar-refractivity contribution in [3.8, 4) is 0 Å². The van der Waals surface area contributed by atoms with E-state index in [1.165, 1.54) is 28.8 Å². The smallest absolute Gasteiger partial charge is 0.324 e. The molecular weight excluding hydrogens is 765 g/mol. The summed E-state index contributed by atoms with van der Waals surface area (Å²) < 4.78 is 3.85. The van der Waals surface area contributed by atoms with Crippen LogP contribution in [0.25, 0.3) is 10.8 Å². The van der Waals surface area contributed by atoms with Crippen LogP contribution >= 0.6 is 23.9 Å². The Kier molecular flexibility index (Phi) is 11.1. The van der Waals surface area contributed by atoms with Gasteiger partial charge in [0.25, 0.3) is 30.1 Å². The number of anilines is 4. The van der Waals surface area contributed by atoms with Gasteiger partial charge in [0, 0.05) is 27.1 Å². The van der Waals surface area contributed by atoms with Crippen LogP contribution in [0.15, 0.2) is 143 Å². The van der Waals surface area contributed by atoms with Crippen molar-refractivity contribution in [2.75, 3.05) is 31.5 Å². The van der Waals surface area contributed by atoms with Crippen LogP contribution < -0.4 is 18.4 Å². The Balaban J connectivity index is 0.00000160. The average molecular weight is 797 g/mol. The quantitative estimate of drug-likeness (QED) is 0.0736. The Bertz CT molecular complexity index is 2490. The highest BCUT2D eigenvalue weighted by molar-refractivity contribution is 8.01. The lowest BCUT2D eigenvalue weighted by Gasteiger charge is -2.27. The maximum absolute atomic E-state index is 13.0. The van der Waals surface area contributed by atoms with E-state index in [2.05, 4.69) is 4.31 Å². The largest absolute Gasteiger partial charge is 0.483 e. The highest BCUT2D eigenvalue weighted by atomic mass is 32.2. The molecular formula is C43H32N4O8S2. The zero-order valence-electron chi connectivity index (χ0n) is 30.1. The van der Waals surface area contributed by atoms with Crippen LogP contribution in [0.4, 0.5) is 22.7 Å². The van der Waals surface area contributed by atoms with E-state index in [1.807, 2.05) is 55.5 Å². The molecule has 0 fully saturated rings. The first kappa shape index (κ1) is 38.4. The van der Waals surface area contributed by atoms with Gasteiger partial charge in [-0.25, -0.2) is 9.80 Å². The Labute approximate surface area is 335 Å². The fourth-order valence-electron chi connectivity index (χ4n) is 6.69. The van der Waals surface area contributed by atoms with E-state index in [0.717, 1.165) is 31.2 Å². The van der Waals surface area contributed by atoms with Crippen molar-refractivity contribution in [3.05, 3.63) is 156 Å². The van der Waals surface area contributed by atoms with Gasteiger partial charge in [0.15, 0.2) is 0 Å². The first-order valence-electron chi connectivity index (χ1n) is 17.5. The number of imide groups is 2. The molecule has 2 N–H and O–H groups in total. The molecule has 6 aromatic rings. The standard InChI is InChI=1S/C42H30N4O6S2.CH2O2/c1-2-43(53-28-19-15-26(16-20-28)45-39(49)32-11-5-6-12-33(32)40(45)50)36-23-24-37(31-10-4-3-9-30(31)36)44(25-38(47)48)54-29-21-17-27(18-22-29)46-41(51)34-13-7-8-14-35(34)42(46)52;2-1-3/h3-24H,2,25H2,1H3,(H,47,48);1H,(H,2,3). The lowest BCUT2D eigenvalue weighted by molar-refractivity contribution is -0.135. The SMILES string of the molecule is CCN(Sc1ccc(N2C(=O)c3ccccc3C2=O)cc1)c1ccc(N(CC(=O)O)Sc2ccc(N3C(=O)c4ccccc4C3=O)cc2)c2ccccc12.O=CO. The third-order valence-corrected chi connectivity index (χ3v) is 11.4. The molecule has 0 aromatic heterocycles. The number of hydrogen-bond donors (Lipinski definition) is 2. The summed E-state index contributed by atoms with van der Waals surface area (Å²) in [6.07, 6.45) is 0. The van der Waals surface area contributed by atoms with Gasteiger partial charge in [-0.2, -0.15) is 0 Å². The number of carbonyl (C=O) groups is 6. The number of rotatable bonds is 11. The van der Waals surface area contributed by atoms with E-state index in [0.29, 0.717) is 45.9 Å². The van der Waals surface area contributed by atoms with Gasteiger partial charge in [0.2, 0.25) is 0 Å². The molecule has 2 heterocycles. The predicted octanol–water partition coefficient (Wildman–Crippen LogP) is 8.27. The first-order chi connectivity index (χ1) is 27.6. The van der Waals surface area contributed by atoms with E-state index in [9.17, 15) is 29.1 Å². The van der Waals surface area contributed by atoms with Crippen molar-refractivity contribution in [1.82, 2.24) is 0 Å². The molecule has 6 aromatic carbocycles. The molecule has 57 heavy (non-hydrogen) atoms. The Morgan fingerprint density at radius 3 is 1.25 bits per heavy atom. The van der Waals surface area contributed by atoms with Crippen molar-refractivity contribution >= 4 is 93.5 Å². The van der Waals surface area contributed by atoms with Gasteiger partial charge in [0.1, 0.15) is 6.54 Å². The number of benzene rings is 6. The average Bonchev–Trinajstić information content (AvgIpc) is 3.64. The maximum Gasteiger partial charge on any atom is 0.324 e. The zero-order valence-corrected chi connectivity index (χ0v) is 31.8. The van der Waals surface area contributed by atoms with Crippen LogP contribution in [0.3, 0.4) is 0 Å². The number of hydrogen-bond acceptors (Lipinski definition) is 10. The van der Waals surface area contributed by atoms with E-state index in [-0.39, 0.29) is 36.6 Å². The number of aliphatic carboxylic acids is 1. The van der Waals surface area contributed by atoms with Crippen LogP contribution in [-0.2, 0) is 9.59 Å². The number of carboxylic acids is 1. The molecule has 0 bridgehead atoms. The monoisotopic (exact) mass is 796 g/mol. The summed E-state index contributed by atoms with van der Waals surface area (Å²) in [5.74, 6) is -2.45. The minimum atomic E-state index is -1.01. The summed E-state index contributed by atoms with van der Waals surface area (Å²) in [5.41, 5.74) is 4.08. The summed E-state index contributed by atoms with van der Waals surface area (Å²) in [4.78, 5) is 76.6. The fourth-order valence-corrected chi connectivity index (χ4v) is 8.53. The van der Waals surface area contributed by atoms with Gasteiger partial charge in [0.05, 0.1) is 45.0 Å². The topological polar surface area (TPSA) is 156 Å². The van der Waals surface area contributed by atoms with Gasteiger partial charge in [-0.05, 0) is 116 Å². The highest BCUT2D eigenvalue weighted by Crippen LogP contribution is 2.42. The molecule has 0 atom stereocenters. The second kappa shape index (κ2) is 16.5. The van der Waals surface area contributed by atoms with Crippen molar-refractivity contribution in [1.29, 1.82) is 0 Å². The van der Waals surface area contributed by atoms with Gasteiger partial charge >= 0.3 is 5.97 Å². The number of amides is 4. The minimum absolute atomic E-state index is 0.250. The molecule has 0 saturated carbocycles. The number of nitrogens with zero attached hydrogens (tertiary/aromatic N) is 4. The molecule has 0 unspecified atom stereocenters. The van der Waals surface area contributed by atoms with Crippen LogP contribution in [0.2, 0.25) is 0 Å². The lowest BCUT2D eigenvalue weighted by Crippen LogP contribution is -2.29. The van der Waals surface area contributed by atoms with E-state index in [4.69, 9.17) is 9.90 Å². The van der Waals surface area contributed by atoms with Gasteiger partial charge in [-0.1, -0.05) is 48.5 Å². The third kappa shape index (κ3) is 7.43. The summed E-state index contributed by atoms with van der Waals surface area (Å²) in [6.45, 7) is 2.14. The van der Waals surface area contributed by atoms with Crippen LogP contribution in [0, 0.1) is 0 Å². The van der Waals surface area contributed by atoms with Crippen LogP contribution in [0.5, 0.6) is 0 Å². The van der Waals surface area contributed by atoms with Gasteiger partial charge in [-0.3, -0.25) is 28.8 Å². The van der Waals surface area contributed by atoms with E-state index in [1.54, 1.807) is 89.2 Å². The highest BCUT2D eigenvalue weighted by Gasteiger charge is 2.37. The minimum Gasteiger partial charge on any atom is -0.483 e. The second-order valence-electron chi connectivity index (χ2n) is 12.5. The van der Waals surface area contributed by atoms with Crippen molar-refractivity contribution in [2.45, 2.75) is 16.7 Å². The molecule has 14 heteroatoms. The summed E-state index contributed by atoms with van der Waals surface area (Å²) >= 11 is 2.76. The molecule has 284 valence electrons. The molecule has 0 radical (unpaired) electrons. The molecule has 8 rings (SSSR count). The van der Waals surface area contributed by atoms with Crippen molar-refractivity contribution in [3.63, 3.8) is 0 Å². The van der Waals surface area contributed by atoms with Gasteiger partial charge in [-0.15, -0.1) is 0 Å². The second-order valence-corrected chi connectivity index (χ2v) is 14.7. The molecule has 4 amide bonds. The third-order valence-electron chi connectivity index (χ3n) is 9.19. The van der Waals surface area contributed by atoms with Crippen LogP contribution in [-0.4, -0.2) is 59.4 Å². The predicted molar refractivity (Wildman–Crippen MR) is 220 cm³/mol. The zero-order chi connectivity index (χ0) is 40.2. The fraction of sp³-hybridized carbons (Fsp3) is 0.0698. The number of carbonyl (C=O) groups excluding carboxylic acids is 4. The van der Waals surface area contributed by atoms with E-state index >= 15 is 0 Å². The maximum atomic E-state index is 13.0. The Hall–Kier alpha value is -6.90. The molecule has 2 aliphatic rings. The summed E-state index contributed by atoms with van der Waals surface area (Å²) in [7, 11) is 0. The van der Waals surface area contributed by atoms with Crippen molar-refractivity contribution in [2.24, 2.45) is 0 Å². The molecule has 0 aliphatic carbocycles. The molecule has 2 aliphatic heterocycles. The molecule has 12 nitrogen and oxygen atoms in total. The summed E-state index contributed by atoms with van der Waals surface area (Å²) in [5, 5.41) is 18.6. The van der Waals surface area contributed by atoms with Crippen molar-refractivity contribution < 1.29 is 39.0 Å². The normalized spacial score (nSPS) is 12.9. The summed E-state index contributed by atoms with van der Waals surface area (Å²) in [6, 6.07) is 39.5. The molecule has 0 spiro atoms. The molecule has 0 saturated heterocycles. The number of carboxylic acid groups (broad SMARTS) is 2. The van der Waals surface area contributed by atoms with Gasteiger partial charge < -0.3 is 18.8 Å². The number of fused-ring (bicyclic) bond motifs is 3. The first-order valence-corrected chi connectivity index (χ1v) is 19.1. The Morgan fingerprint density at radius 2 is 0.895 bits per heavy atom. The van der Waals surface area contributed by atoms with Crippen LogP contribution in [0.1, 0.15) is 48.4 Å².